The van der Waals surface area contributed by atoms with Crippen LogP contribution in [0.25, 0.3) is 0 Å². The second-order valence-electron chi connectivity index (χ2n) is 21.2. The second kappa shape index (κ2) is 61.5. The van der Waals surface area contributed by atoms with Gasteiger partial charge in [-0.1, -0.05) is 266 Å². The first-order valence-corrected chi connectivity index (χ1v) is 33.6. The molecule has 3 unspecified atom stereocenters. The largest absolute Gasteiger partial charge is 0.472 e. The highest BCUT2D eigenvalue weighted by Gasteiger charge is 2.28. The van der Waals surface area contributed by atoms with Crippen LogP contribution in [0.5, 0.6) is 0 Å². The second-order valence-corrected chi connectivity index (χ2v) is 22.6. The molecule has 0 saturated heterocycles. The van der Waals surface area contributed by atoms with Crippen LogP contribution in [0.4, 0.5) is 0 Å². The fourth-order valence-corrected chi connectivity index (χ4v) is 9.49. The fraction of sp³-hybridized carbons (Fsp3) is 0.721. The van der Waals surface area contributed by atoms with Gasteiger partial charge in [0.2, 0.25) is 0 Å². The standard InChI is InChI=1S/C68H117O11P/c1-4-7-10-13-16-19-22-25-28-31-32-35-38-41-44-47-50-53-56-59-68(72)79-65(61-75-66(70)57-54-51-48-45-42-39-36-33-29-26-23-20-17-14-11-8-5-2)63-77-80(73,74)76-62-64(60-69)78-67(71)58-55-52-49-46-43-40-37-34-30-27-24-21-18-15-12-9-6-3/h8-9,11-12,17-18,20-21,26-27,29-30,37,40,46,49,64-65,69H,4-7,10,13-16,19,22-25,28,31-36,38-39,41-45,47-48,50-63H2,1-3H3,(H,73,74)/b11-8-,12-9-,20-17-,21-18-,29-26-,30-27-,40-37-,49-46-. The van der Waals surface area contributed by atoms with Gasteiger partial charge in [0, 0.05) is 19.3 Å². The summed E-state index contributed by atoms with van der Waals surface area (Å²) in [6.07, 6.45) is 73.7. The number of esters is 3. The van der Waals surface area contributed by atoms with E-state index in [-0.39, 0.29) is 25.9 Å². The maximum atomic E-state index is 13.0. The Labute approximate surface area is 489 Å². The van der Waals surface area contributed by atoms with Gasteiger partial charge in [0.1, 0.15) is 12.7 Å². The molecule has 80 heavy (non-hydrogen) atoms. The Morgan fingerprint density at radius 2 is 0.662 bits per heavy atom. The number of hydrogen-bond donors (Lipinski definition) is 2. The number of carbonyl (C=O) groups is 3. The molecule has 0 saturated carbocycles. The van der Waals surface area contributed by atoms with Crippen molar-refractivity contribution in [1.82, 2.24) is 0 Å². The van der Waals surface area contributed by atoms with Crippen LogP contribution >= 0.6 is 7.82 Å². The molecule has 0 aromatic heterocycles. The van der Waals surface area contributed by atoms with Crippen molar-refractivity contribution < 1.29 is 52.2 Å². The lowest BCUT2D eigenvalue weighted by Gasteiger charge is -2.21. The topological polar surface area (TPSA) is 155 Å². The van der Waals surface area contributed by atoms with Crippen molar-refractivity contribution in [3.63, 3.8) is 0 Å². The maximum Gasteiger partial charge on any atom is 0.472 e. The van der Waals surface area contributed by atoms with E-state index in [0.29, 0.717) is 25.7 Å². The van der Waals surface area contributed by atoms with Gasteiger partial charge in [-0.05, 0) is 89.9 Å². The molecule has 3 atom stereocenters. The first-order chi connectivity index (χ1) is 39.2. The molecule has 0 bridgehead atoms. The first-order valence-electron chi connectivity index (χ1n) is 32.1. The van der Waals surface area contributed by atoms with Crippen LogP contribution in [0.15, 0.2) is 97.2 Å². The van der Waals surface area contributed by atoms with Gasteiger partial charge < -0.3 is 24.2 Å². The zero-order valence-corrected chi connectivity index (χ0v) is 51.9. The number of carbonyl (C=O) groups excluding carboxylic acids is 3. The predicted molar refractivity (Wildman–Crippen MR) is 334 cm³/mol. The highest BCUT2D eigenvalue weighted by Crippen LogP contribution is 2.43. The molecule has 0 aromatic rings. The van der Waals surface area contributed by atoms with Gasteiger partial charge in [-0.3, -0.25) is 23.4 Å². The molecule has 2 N–H and O–H groups in total. The summed E-state index contributed by atoms with van der Waals surface area (Å²) in [6, 6.07) is 0. The number of allylic oxidation sites excluding steroid dienone is 16. The van der Waals surface area contributed by atoms with E-state index in [0.717, 1.165) is 103 Å². The van der Waals surface area contributed by atoms with Crippen molar-refractivity contribution in [2.75, 3.05) is 26.4 Å². The SMILES string of the molecule is CC/C=C\C/C=C\C/C=C\C/C=C\C/C=C\CCCC(=O)OC(CO)COP(=O)(O)OCC(COC(=O)CCCCCCCCC/C=C\C/C=C\C/C=C\CC)OC(=O)CCCCCCCCCCCCCCCCCCCCC. The monoisotopic (exact) mass is 1140 g/mol. The summed E-state index contributed by atoms with van der Waals surface area (Å²) >= 11 is 0. The molecule has 0 fully saturated rings. The summed E-state index contributed by atoms with van der Waals surface area (Å²) in [5.74, 6) is -1.53. The van der Waals surface area contributed by atoms with E-state index in [1.54, 1.807) is 0 Å². The van der Waals surface area contributed by atoms with E-state index in [9.17, 15) is 28.9 Å². The molecule has 0 aliphatic heterocycles. The van der Waals surface area contributed by atoms with E-state index >= 15 is 0 Å². The number of hydrogen-bond acceptors (Lipinski definition) is 10. The Morgan fingerprint density at radius 1 is 0.362 bits per heavy atom. The Hall–Kier alpha value is -3.60. The van der Waals surface area contributed by atoms with E-state index in [2.05, 4.69) is 106 Å². The van der Waals surface area contributed by atoms with Gasteiger partial charge in [-0.15, -0.1) is 0 Å². The molecule has 0 aliphatic carbocycles. The smallest absolute Gasteiger partial charge is 0.462 e. The van der Waals surface area contributed by atoms with Gasteiger partial charge in [0.25, 0.3) is 0 Å². The molecule has 460 valence electrons. The number of phosphoric acid groups is 1. The molecule has 0 aliphatic rings. The Morgan fingerprint density at radius 3 is 1.05 bits per heavy atom. The number of aliphatic hydroxyl groups is 1. The number of phosphoric ester groups is 1. The zero-order valence-electron chi connectivity index (χ0n) is 51.0. The van der Waals surface area contributed by atoms with Crippen molar-refractivity contribution in [3.8, 4) is 0 Å². The Bertz CT molecular complexity index is 1710. The lowest BCUT2D eigenvalue weighted by molar-refractivity contribution is -0.161. The molecule has 0 spiro atoms. The lowest BCUT2D eigenvalue weighted by atomic mass is 10.0. The predicted octanol–water partition coefficient (Wildman–Crippen LogP) is 19.6. The molecular formula is C68H117O11P. The van der Waals surface area contributed by atoms with Crippen LogP contribution in [0, 0.1) is 0 Å². The lowest BCUT2D eigenvalue weighted by Crippen LogP contribution is -2.30. The summed E-state index contributed by atoms with van der Waals surface area (Å²) < 4.78 is 39.6. The highest BCUT2D eigenvalue weighted by atomic mass is 31.2. The van der Waals surface area contributed by atoms with Crippen LogP contribution in [-0.2, 0) is 42.2 Å². The summed E-state index contributed by atoms with van der Waals surface area (Å²) in [6.45, 7) is 4.39. The van der Waals surface area contributed by atoms with Crippen LogP contribution in [-0.4, -0.2) is 66.5 Å². The Kier molecular flexibility index (Phi) is 58.7. The van der Waals surface area contributed by atoms with Gasteiger partial charge in [0.15, 0.2) is 6.10 Å². The van der Waals surface area contributed by atoms with Gasteiger partial charge in [0.05, 0.1) is 19.8 Å². The maximum absolute atomic E-state index is 13.0. The number of unbranched alkanes of at least 4 members (excludes halogenated alkanes) is 26. The van der Waals surface area contributed by atoms with Crippen molar-refractivity contribution in [2.45, 2.75) is 290 Å². The number of ether oxygens (including phenoxy) is 3. The summed E-state index contributed by atoms with van der Waals surface area (Å²) in [5, 5.41) is 9.84. The molecule has 12 heteroatoms. The van der Waals surface area contributed by atoms with E-state index in [4.69, 9.17) is 23.3 Å². The van der Waals surface area contributed by atoms with Crippen molar-refractivity contribution >= 4 is 25.7 Å². The van der Waals surface area contributed by atoms with Gasteiger partial charge >= 0.3 is 25.7 Å². The van der Waals surface area contributed by atoms with Gasteiger partial charge in [-0.2, -0.15) is 0 Å². The summed E-state index contributed by atoms with van der Waals surface area (Å²) in [5.41, 5.74) is 0. The number of rotatable bonds is 59. The third kappa shape index (κ3) is 59.0. The van der Waals surface area contributed by atoms with E-state index < -0.39 is 57.8 Å². The molecule has 11 nitrogen and oxygen atoms in total. The average molecular weight is 1140 g/mol. The molecule has 0 heterocycles. The third-order valence-corrected chi connectivity index (χ3v) is 14.5. The van der Waals surface area contributed by atoms with Crippen molar-refractivity contribution in [3.05, 3.63) is 97.2 Å². The number of aliphatic hydroxyl groups excluding tert-OH is 1. The normalized spacial score (nSPS) is 13.9. The van der Waals surface area contributed by atoms with E-state index in [1.165, 1.54) is 109 Å². The molecule has 0 aromatic carbocycles. The van der Waals surface area contributed by atoms with Crippen LogP contribution in [0.3, 0.4) is 0 Å². The van der Waals surface area contributed by atoms with Crippen molar-refractivity contribution in [2.24, 2.45) is 0 Å². The zero-order chi connectivity index (χ0) is 58.3. The third-order valence-electron chi connectivity index (χ3n) is 13.5. The van der Waals surface area contributed by atoms with Crippen LogP contribution in [0.2, 0.25) is 0 Å². The Balaban J connectivity index is 4.76. The summed E-state index contributed by atoms with van der Waals surface area (Å²) in [4.78, 5) is 48.7. The van der Waals surface area contributed by atoms with E-state index in [1.807, 2.05) is 12.2 Å². The van der Waals surface area contributed by atoms with Crippen LogP contribution in [0.1, 0.15) is 278 Å². The minimum atomic E-state index is -4.77. The summed E-state index contributed by atoms with van der Waals surface area (Å²) in [7, 11) is -4.77. The molecule has 0 radical (unpaired) electrons. The average Bonchev–Trinajstić information content (AvgIpc) is 3.45. The minimum absolute atomic E-state index is 0.0957. The highest BCUT2D eigenvalue weighted by molar-refractivity contribution is 7.47. The quantitative estimate of drug-likeness (QED) is 0.0197. The first kappa shape index (κ1) is 76.4. The van der Waals surface area contributed by atoms with Crippen LogP contribution < -0.4 is 0 Å². The molecule has 0 rings (SSSR count). The molecule has 0 amide bonds. The van der Waals surface area contributed by atoms with Crippen molar-refractivity contribution in [1.29, 1.82) is 0 Å². The van der Waals surface area contributed by atoms with Gasteiger partial charge in [-0.25, -0.2) is 4.57 Å². The molecular weight excluding hydrogens is 1020 g/mol. The fourth-order valence-electron chi connectivity index (χ4n) is 8.70. The minimum Gasteiger partial charge on any atom is -0.462 e.